The van der Waals surface area contributed by atoms with Crippen LogP contribution < -0.4 is 48.8 Å². The molecule has 1 radical (unpaired) electrons. The third kappa shape index (κ3) is 8.40. The topological polar surface area (TPSA) is 182 Å². The minimum absolute atomic E-state index is 0. The zero-order valence-corrected chi connectivity index (χ0v) is 27.0. The zero-order valence-electron chi connectivity index (χ0n) is 21.5. The van der Waals surface area contributed by atoms with Crippen LogP contribution in [-0.4, -0.2) is 39.2 Å². The van der Waals surface area contributed by atoms with Crippen LogP contribution in [0.5, 0.6) is 17.2 Å². The molecule has 1 heterocycles. The first-order valence-electron chi connectivity index (χ1n) is 10.8. The molecule has 0 bridgehead atoms. The predicted octanol–water partition coefficient (Wildman–Crippen LogP) is 0.705. The molecule has 0 aliphatic heterocycles. The first-order chi connectivity index (χ1) is 18.4. The van der Waals surface area contributed by atoms with Gasteiger partial charge in [0.25, 0.3) is 10.0 Å². The molecule has 213 valence electrons. The number of sulfonamides is 1. The van der Waals surface area contributed by atoms with Gasteiger partial charge in [-0.05, 0) is 48.5 Å². The van der Waals surface area contributed by atoms with Crippen LogP contribution in [0.4, 0.5) is 17.1 Å². The van der Waals surface area contributed by atoms with Crippen molar-refractivity contribution in [3.8, 4) is 22.9 Å². The van der Waals surface area contributed by atoms with E-state index in [0.29, 0.717) is 11.4 Å². The Hall–Kier alpha value is -2.74. The van der Waals surface area contributed by atoms with Gasteiger partial charge in [0, 0.05) is 22.8 Å². The SMILES string of the molecule is COc1ccccc1NS(=O)(=O)c1ccc(N=N[c-]2c(C)nn(-c3ccc(OS(=O)(O)=S)cc3)c2=O)c(O)c1.[Co].[Na+]. The van der Waals surface area contributed by atoms with Crippen molar-refractivity contribution in [3.63, 3.8) is 0 Å². The standard InChI is InChI=1S/C23H20N5O8S3.Co.Na/c1-14-22(23(30)28(26-14)15-7-9-16(10-8-15)36-39(33,34)37)25-24-18-12-11-17(13-20(18)29)38(31,32)27-19-5-3-4-6-21(19)35-2;;/h3-13,27,29H,1-2H3,(H,33,34,37);;/q-1;;+1. The Morgan fingerprint density at radius 3 is 2.34 bits per heavy atom. The second kappa shape index (κ2) is 13.9. The zero-order chi connectivity index (χ0) is 28.4. The fourth-order valence-corrected chi connectivity index (χ4v) is 5.02. The number of aromatic nitrogens is 2. The van der Waals surface area contributed by atoms with Crippen LogP contribution in [0.1, 0.15) is 5.69 Å². The largest absolute Gasteiger partial charge is 1.00 e. The molecule has 1 aromatic heterocycles. The summed E-state index contributed by atoms with van der Waals surface area (Å²) in [5.41, 5.74) is -0.0736. The molecule has 0 spiro atoms. The number of nitrogens with zero attached hydrogens (tertiary/aromatic N) is 4. The van der Waals surface area contributed by atoms with Crippen LogP contribution in [0.3, 0.4) is 0 Å². The number of rotatable bonds is 9. The Kier molecular flexibility index (Phi) is 11.7. The average Bonchev–Trinajstić information content (AvgIpc) is 3.15. The molecular weight excluding hydrogens is 652 g/mol. The number of phenols is 1. The van der Waals surface area contributed by atoms with E-state index in [-0.39, 0.29) is 79.7 Å². The number of azo groups is 1. The number of nitrogens with one attached hydrogen (secondary N) is 1. The Bertz CT molecular complexity index is 1840. The Morgan fingerprint density at radius 2 is 1.73 bits per heavy atom. The number of phenolic OH excluding ortho intramolecular Hbond substituents is 1. The molecule has 0 aliphatic rings. The third-order valence-corrected chi connectivity index (χ3v) is 7.11. The smallest absolute Gasteiger partial charge is 0.506 e. The molecule has 1 unspecified atom stereocenters. The van der Waals surface area contributed by atoms with Gasteiger partial charge in [-0.25, -0.2) is 18.2 Å². The van der Waals surface area contributed by atoms with E-state index in [1.54, 1.807) is 18.2 Å². The van der Waals surface area contributed by atoms with Crippen molar-refractivity contribution in [2.24, 2.45) is 10.2 Å². The average molecular weight is 673 g/mol. The normalized spacial score (nSPS) is 12.6. The molecule has 0 saturated heterocycles. The van der Waals surface area contributed by atoms with Crippen LogP contribution in [0.25, 0.3) is 5.69 Å². The van der Waals surface area contributed by atoms with E-state index in [2.05, 4.69) is 31.2 Å². The van der Waals surface area contributed by atoms with E-state index < -0.39 is 30.4 Å². The number of aromatic hydroxyl groups is 1. The summed E-state index contributed by atoms with van der Waals surface area (Å²) in [5, 5.41) is 22.3. The second-order valence-electron chi connectivity index (χ2n) is 7.81. The third-order valence-electron chi connectivity index (χ3n) is 5.14. The summed E-state index contributed by atoms with van der Waals surface area (Å²) in [4.78, 5) is 12.6. The molecule has 0 saturated carbocycles. The fourth-order valence-electron chi connectivity index (χ4n) is 3.34. The van der Waals surface area contributed by atoms with E-state index in [4.69, 9.17) is 13.5 Å². The van der Waals surface area contributed by atoms with Crippen molar-refractivity contribution in [2.45, 2.75) is 11.8 Å². The number of ether oxygens (including phenoxy) is 1. The van der Waals surface area contributed by atoms with Crippen LogP contribution >= 0.6 is 0 Å². The number of hydrogen-bond acceptors (Lipinski definition) is 11. The molecule has 3 N–H and O–H groups in total. The number of aryl methyl sites for hydroxylation is 1. The van der Waals surface area contributed by atoms with Crippen molar-refractivity contribution >= 4 is 47.3 Å². The molecule has 0 fully saturated rings. The van der Waals surface area contributed by atoms with Gasteiger partial charge in [0.15, 0.2) is 0 Å². The second-order valence-corrected chi connectivity index (χ2v) is 11.8. The Balaban J connectivity index is 0.00000294. The van der Waals surface area contributed by atoms with E-state index >= 15 is 0 Å². The monoisotopic (exact) mass is 672 g/mol. The van der Waals surface area contributed by atoms with Crippen molar-refractivity contribution in [1.29, 1.82) is 0 Å². The summed E-state index contributed by atoms with van der Waals surface area (Å²) in [6.45, 7) is 1.53. The van der Waals surface area contributed by atoms with Crippen molar-refractivity contribution < 1.29 is 77.5 Å². The number of anilines is 1. The van der Waals surface area contributed by atoms with Gasteiger partial charge in [-0.15, -0.1) is 5.69 Å². The van der Waals surface area contributed by atoms with Gasteiger partial charge in [0.2, 0.25) is 0 Å². The molecule has 13 nitrogen and oxygen atoms in total. The van der Waals surface area contributed by atoms with Crippen molar-refractivity contribution in [3.05, 3.63) is 82.8 Å². The summed E-state index contributed by atoms with van der Waals surface area (Å²) in [7, 11) is -6.54. The number of methoxy groups -OCH3 is 1. The number of benzene rings is 3. The first kappa shape index (κ1) is 34.5. The number of para-hydroxylation sites is 2. The Labute approximate surface area is 272 Å². The predicted molar refractivity (Wildman–Crippen MR) is 145 cm³/mol. The van der Waals surface area contributed by atoms with Crippen molar-refractivity contribution in [2.75, 3.05) is 11.8 Å². The van der Waals surface area contributed by atoms with Crippen LogP contribution in [0.15, 0.2) is 86.6 Å². The summed E-state index contributed by atoms with van der Waals surface area (Å²) >= 11 is 4.29. The van der Waals surface area contributed by atoms with Crippen LogP contribution in [0, 0.1) is 6.92 Å². The maximum Gasteiger partial charge on any atom is 1.00 e. The van der Waals surface area contributed by atoms with Gasteiger partial charge in [-0.3, -0.25) is 9.27 Å². The minimum atomic E-state index is -4.08. The Morgan fingerprint density at radius 1 is 1.07 bits per heavy atom. The summed E-state index contributed by atoms with van der Waals surface area (Å²) in [6, 6.07) is 15.4. The van der Waals surface area contributed by atoms with E-state index in [1.165, 1.54) is 56.5 Å². The molecule has 18 heteroatoms. The van der Waals surface area contributed by atoms with Crippen molar-refractivity contribution in [1.82, 2.24) is 9.78 Å². The van der Waals surface area contributed by atoms with Crippen LogP contribution in [0.2, 0.25) is 0 Å². The minimum Gasteiger partial charge on any atom is -0.506 e. The molecule has 1 atom stereocenters. The summed E-state index contributed by atoms with van der Waals surface area (Å²) in [6.07, 6.45) is 0. The van der Waals surface area contributed by atoms with Gasteiger partial charge < -0.3 is 23.9 Å². The molecule has 4 rings (SSSR count). The van der Waals surface area contributed by atoms with Gasteiger partial charge >= 0.3 is 38.6 Å². The van der Waals surface area contributed by atoms with E-state index in [1.807, 2.05) is 0 Å². The van der Waals surface area contributed by atoms with Gasteiger partial charge in [-0.2, -0.15) is 9.32 Å². The molecular formula is C23H20CoN5NaO8S3. The van der Waals surface area contributed by atoms with Gasteiger partial charge in [-0.1, -0.05) is 24.8 Å². The molecule has 4 aromatic rings. The van der Waals surface area contributed by atoms with E-state index in [9.17, 15) is 22.5 Å². The van der Waals surface area contributed by atoms with Crippen LogP contribution in [-0.2, 0) is 47.0 Å². The molecule has 41 heavy (non-hydrogen) atoms. The number of hydrogen-bond donors (Lipinski definition) is 3. The molecule has 0 aliphatic carbocycles. The summed E-state index contributed by atoms with van der Waals surface area (Å²) in [5.74, 6) is -0.148. The summed E-state index contributed by atoms with van der Waals surface area (Å²) < 4.78 is 59.2. The quantitative estimate of drug-likeness (QED) is 0.130. The molecule has 0 amide bonds. The van der Waals surface area contributed by atoms with Gasteiger partial charge in [0.1, 0.15) is 28.5 Å². The fraction of sp³-hybridized carbons (Fsp3) is 0.0870. The maximum atomic E-state index is 12.9. The van der Waals surface area contributed by atoms with E-state index in [0.717, 1.165) is 10.7 Å². The maximum absolute atomic E-state index is 12.9. The first-order valence-corrected chi connectivity index (χ1v) is 14.7. The molecule has 3 aromatic carbocycles. The van der Waals surface area contributed by atoms with Gasteiger partial charge in [0.05, 0.1) is 34.6 Å².